The van der Waals surface area contributed by atoms with Gasteiger partial charge in [-0.3, -0.25) is 0 Å². The summed E-state index contributed by atoms with van der Waals surface area (Å²) in [6.45, 7) is 0.819. The van der Waals surface area contributed by atoms with Gasteiger partial charge in [0.2, 0.25) is 0 Å². The first kappa shape index (κ1) is 8.47. The summed E-state index contributed by atoms with van der Waals surface area (Å²) in [5, 5.41) is 0.437. The van der Waals surface area contributed by atoms with Crippen molar-refractivity contribution in [3.63, 3.8) is 0 Å². The first-order valence-electron chi connectivity index (χ1n) is 3.64. The molecule has 1 aliphatic heterocycles. The van der Waals surface area contributed by atoms with Crippen LogP contribution in [-0.2, 0) is 4.74 Å². The molecule has 1 rings (SSSR count). The summed E-state index contributed by atoms with van der Waals surface area (Å²) in [5.41, 5.74) is 0. The molecule has 1 saturated heterocycles. The van der Waals surface area contributed by atoms with Crippen LogP contribution in [0.2, 0.25) is 0 Å². The highest BCUT2D eigenvalue weighted by Gasteiger charge is 2.19. The molecule has 1 fully saturated rings. The fraction of sp³-hybridized carbons (Fsp3) is 1.00. The van der Waals surface area contributed by atoms with E-state index < -0.39 is 6.17 Å². The maximum atomic E-state index is 12.7. The summed E-state index contributed by atoms with van der Waals surface area (Å²) in [7, 11) is 0. The number of hydrogen-bond donors (Lipinski definition) is 0. The summed E-state index contributed by atoms with van der Waals surface area (Å²) >= 11 is 3.09. The molecular formula is C7H12BrFO. The average molecular weight is 211 g/mol. The van der Waals surface area contributed by atoms with Crippen LogP contribution >= 0.6 is 15.9 Å². The van der Waals surface area contributed by atoms with Crippen LogP contribution in [0.3, 0.4) is 0 Å². The van der Waals surface area contributed by atoms with Gasteiger partial charge in [0.05, 0.1) is 6.10 Å². The van der Waals surface area contributed by atoms with Crippen molar-refractivity contribution in [1.82, 2.24) is 0 Å². The van der Waals surface area contributed by atoms with Crippen LogP contribution in [0.5, 0.6) is 0 Å². The minimum atomic E-state index is -0.733. The van der Waals surface area contributed by atoms with Gasteiger partial charge in [-0.15, -0.1) is 0 Å². The quantitative estimate of drug-likeness (QED) is 0.650. The Morgan fingerprint density at radius 1 is 1.70 bits per heavy atom. The smallest absolute Gasteiger partial charge is 0.112 e. The maximum absolute atomic E-state index is 12.7. The minimum absolute atomic E-state index is 0.188. The second kappa shape index (κ2) is 4.29. The zero-order valence-electron chi connectivity index (χ0n) is 5.85. The topological polar surface area (TPSA) is 9.23 Å². The Morgan fingerprint density at radius 2 is 2.50 bits per heavy atom. The maximum Gasteiger partial charge on any atom is 0.112 e. The van der Waals surface area contributed by atoms with Crippen molar-refractivity contribution in [2.24, 2.45) is 0 Å². The predicted molar refractivity (Wildman–Crippen MR) is 42.3 cm³/mol. The second-order valence-corrected chi connectivity index (χ2v) is 3.27. The fourth-order valence-corrected chi connectivity index (χ4v) is 1.44. The molecule has 60 valence electrons. The summed E-state index contributed by atoms with van der Waals surface area (Å²) in [5.74, 6) is 0. The summed E-state index contributed by atoms with van der Waals surface area (Å²) in [6, 6.07) is 0. The van der Waals surface area contributed by atoms with E-state index in [1.54, 1.807) is 0 Å². The van der Waals surface area contributed by atoms with E-state index >= 15 is 0 Å². The summed E-state index contributed by atoms with van der Waals surface area (Å²) < 4.78 is 17.9. The van der Waals surface area contributed by atoms with Gasteiger partial charge in [0.15, 0.2) is 0 Å². The Balaban J connectivity index is 2.11. The Morgan fingerprint density at radius 3 is 3.00 bits per heavy atom. The van der Waals surface area contributed by atoms with Crippen LogP contribution in [-0.4, -0.2) is 24.2 Å². The van der Waals surface area contributed by atoms with Crippen molar-refractivity contribution < 1.29 is 9.13 Å². The van der Waals surface area contributed by atoms with Crippen molar-refractivity contribution in [3.05, 3.63) is 0 Å². The predicted octanol–water partition coefficient (Wildman–Crippen LogP) is 2.29. The third kappa shape index (κ3) is 2.54. The molecule has 0 aromatic heterocycles. The van der Waals surface area contributed by atoms with E-state index in [-0.39, 0.29) is 6.10 Å². The van der Waals surface area contributed by atoms with Crippen molar-refractivity contribution in [1.29, 1.82) is 0 Å². The highest BCUT2D eigenvalue weighted by atomic mass is 79.9. The van der Waals surface area contributed by atoms with Gasteiger partial charge < -0.3 is 4.74 Å². The molecule has 2 atom stereocenters. The third-order valence-electron chi connectivity index (χ3n) is 1.71. The van der Waals surface area contributed by atoms with E-state index in [4.69, 9.17) is 4.74 Å². The molecule has 0 bridgehead atoms. The highest BCUT2D eigenvalue weighted by molar-refractivity contribution is 9.09. The number of ether oxygens (including phenoxy) is 1. The highest BCUT2D eigenvalue weighted by Crippen LogP contribution is 2.18. The molecule has 3 heteroatoms. The van der Waals surface area contributed by atoms with Crippen LogP contribution in [0.4, 0.5) is 4.39 Å². The van der Waals surface area contributed by atoms with E-state index in [1.807, 2.05) is 0 Å². The molecule has 0 radical (unpaired) electrons. The van der Waals surface area contributed by atoms with E-state index in [2.05, 4.69) is 15.9 Å². The SMILES string of the molecule is F[C@H](CBr)C[C@H]1CCCO1. The van der Waals surface area contributed by atoms with Crippen LogP contribution in [0.1, 0.15) is 19.3 Å². The van der Waals surface area contributed by atoms with Crippen LogP contribution in [0, 0.1) is 0 Å². The number of hydrogen-bond acceptors (Lipinski definition) is 1. The molecule has 0 spiro atoms. The van der Waals surface area contributed by atoms with Gasteiger partial charge in [-0.25, -0.2) is 4.39 Å². The lowest BCUT2D eigenvalue weighted by atomic mass is 10.1. The van der Waals surface area contributed by atoms with E-state index in [0.29, 0.717) is 11.8 Å². The first-order chi connectivity index (χ1) is 4.83. The number of halogens is 2. The Bertz CT molecular complexity index is 93.6. The fourth-order valence-electron chi connectivity index (χ4n) is 1.18. The van der Waals surface area contributed by atoms with E-state index in [1.165, 1.54) is 0 Å². The van der Waals surface area contributed by atoms with Crippen molar-refractivity contribution in [2.45, 2.75) is 31.5 Å². The molecule has 0 aliphatic carbocycles. The Hall–Kier alpha value is 0.370. The lowest BCUT2D eigenvalue weighted by Gasteiger charge is -2.10. The molecule has 0 saturated carbocycles. The zero-order chi connectivity index (χ0) is 7.40. The average Bonchev–Trinajstić information content (AvgIpc) is 2.40. The molecular weight excluding hydrogens is 199 g/mol. The van der Waals surface area contributed by atoms with Crippen molar-refractivity contribution in [3.8, 4) is 0 Å². The molecule has 1 aliphatic rings. The normalized spacial score (nSPS) is 28.8. The lowest BCUT2D eigenvalue weighted by molar-refractivity contribution is 0.0853. The summed E-state index contributed by atoms with van der Waals surface area (Å²) in [4.78, 5) is 0. The molecule has 10 heavy (non-hydrogen) atoms. The number of rotatable bonds is 3. The lowest BCUT2D eigenvalue weighted by Crippen LogP contribution is -2.14. The van der Waals surface area contributed by atoms with Crippen molar-refractivity contribution >= 4 is 15.9 Å². The van der Waals surface area contributed by atoms with Crippen LogP contribution in [0.25, 0.3) is 0 Å². The minimum Gasteiger partial charge on any atom is -0.378 e. The van der Waals surface area contributed by atoms with Crippen LogP contribution in [0.15, 0.2) is 0 Å². The molecule has 1 heterocycles. The molecule has 0 aromatic rings. The van der Waals surface area contributed by atoms with E-state index in [0.717, 1.165) is 19.4 Å². The molecule has 1 nitrogen and oxygen atoms in total. The third-order valence-corrected chi connectivity index (χ3v) is 2.41. The monoisotopic (exact) mass is 210 g/mol. The standard InChI is InChI=1S/C7H12BrFO/c8-5-6(9)4-7-2-1-3-10-7/h6-7H,1-5H2/t6-,7+/m0/s1. The summed E-state index contributed by atoms with van der Waals surface area (Å²) in [6.07, 6.45) is 2.15. The molecule has 0 N–H and O–H groups in total. The van der Waals surface area contributed by atoms with Gasteiger partial charge >= 0.3 is 0 Å². The Kier molecular flexibility index (Phi) is 3.63. The van der Waals surface area contributed by atoms with E-state index in [9.17, 15) is 4.39 Å². The molecule has 0 aromatic carbocycles. The van der Waals surface area contributed by atoms with Crippen LogP contribution < -0.4 is 0 Å². The van der Waals surface area contributed by atoms with Gasteiger partial charge in [0.25, 0.3) is 0 Å². The van der Waals surface area contributed by atoms with Gasteiger partial charge in [-0.1, -0.05) is 15.9 Å². The zero-order valence-corrected chi connectivity index (χ0v) is 7.44. The second-order valence-electron chi connectivity index (χ2n) is 2.62. The van der Waals surface area contributed by atoms with Gasteiger partial charge in [-0.2, -0.15) is 0 Å². The number of alkyl halides is 2. The van der Waals surface area contributed by atoms with Gasteiger partial charge in [0.1, 0.15) is 6.17 Å². The molecule has 0 amide bonds. The van der Waals surface area contributed by atoms with Gasteiger partial charge in [0, 0.05) is 18.4 Å². The van der Waals surface area contributed by atoms with Crippen molar-refractivity contribution in [2.75, 3.05) is 11.9 Å². The molecule has 0 unspecified atom stereocenters. The first-order valence-corrected chi connectivity index (χ1v) is 4.76. The van der Waals surface area contributed by atoms with Gasteiger partial charge in [-0.05, 0) is 12.8 Å². The largest absolute Gasteiger partial charge is 0.378 e. The Labute approximate surface area is 69.1 Å².